The zero-order chi connectivity index (χ0) is 30.5. The molecule has 0 spiro atoms. The SMILES string of the molecule is CN[C@H](Cc1ccc(-c2ccccc2)cc1)C(=O)N(C)[C@H](Cc1ccccc1)C(=O)N[C@@H](CCCCN)C(=O)N(C)C. The zero-order valence-electron chi connectivity index (χ0n) is 25.3. The minimum absolute atomic E-state index is 0.181. The van der Waals surface area contributed by atoms with Gasteiger partial charge >= 0.3 is 0 Å². The Bertz CT molecular complexity index is 1270. The Balaban J connectivity index is 1.79. The Hall–Kier alpha value is -4.01. The number of nitrogens with two attached hydrogens (primary N) is 1. The lowest BCUT2D eigenvalue weighted by molar-refractivity contribution is -0.142. The molecule has 0 radical (unpaired) electrons. The van der Waals surface area contributed by atoms with Crippen molar-refractivity contribution in [3.63, 3.8) is 0 Å². The van der Waals surface area contributed by atoms with Gasteiger partial charge in [-0.1, -0.05) is 84.9 Å². The van der Waals surface area contributed by atoms with Crippen LogP contribution in [0.3, 0.4) is 0 Å². The second-order valence-electron chi connectivity index (χ2n) is 10.8. The molecule has 0 fully saturated rings. The molecule has 0 aromatic heterocycles. The van der Waals surface area contributed by atoms with Crippen molar-refractivity contribution in [3.05, 3.63) is 96.1 Å². The largest absolute Gasteiger partial charge is 0.347 e. The van der Waals surface area contributed by atoms with E-state index < -0.39 is 18.1 Å². The lowest BCUT2D eigenvalue weighted by Gasteiger charge is -2.32. The summed E-state index contributed by atoms with van der Waals surface area (Å²) in [4.78, 5) is 43.5. The third-order valence-corrected chi connectivity index (χ3v) is 7.54. The van der Waals surface area contributed by atoms with Crippen LogP contribution in [0.5, 0.6) is 0 Å². The number of benzene rings is 3. The molecule has 3 atom stereocenters. The second-order valence-corrected chi connectivity index (χ2v) is 10.8. The van der Waals surface area contributed by atoms with Crippen molar-refractivity contribution in [1.29, 1.82) is 0 Å². The summed E-state index contributed by atoms with van der Waals surface area (Å²) in [6.07, 6.45) is 2.74. The summed E-state index contributed by atoms with van der Waals surface area (Å²) in [6.45, 7) is 0.519. The lowest BCUT2D eigenvalue weighted by Crippen LogP contribution is -2.57. The first-order valence-electron chi connectivity index (χ1n) is 14.6. The Morgan fingerprint density at radius 2 is 1.29 bits per heavy atom. The Kier molecular flexibility index (Phi) is 12.7. The van der Waals surface area contributed by atoms with Gasteiger partial charge in [-0.05, 0) is 61.5 Å². The van der Waals surface area contributed by atoms with Crippen LogP contribution in [-0.2, 0) is 27.2 Å². The first kappa shape index (κ1) is 32.5. The van der Waals surface area contributed by atoms with Gasteiger partial charge in [0.15, 0.2) is 0 Å². The van der Waals surface area contributed by atoms with Crippen LogP contribution in [0.4, 0.5) is 0 Å². The molecular formula is C34H45N5O3. The van der Waals surface area contributed by atoms with Crippen molar-refractivity contribution >= 4 is 17.7 Å². The van der Waals surface area contributed by atoms with Crippen LogP contribution in [0.1, 0.15) is 30.4 Å². The molecule has 0 aliphatic heterocycles. The van der Waals surface area contributed by atoms with Crippen molar-refractivity contribution in [2.75, 3.05) is 34.7 Å². The third-order valence-electron chi connectivity index (χ3n) is 7.54. The fraction of sp³-hybridized carbons (Fsp3) is 0.382. The number of carbonyl (C=O) groups is 3. The summed E-state index contributed by atoms with van der Waals surface area (Å²) in [5.41, 5.74) is 9.83. The highest BCUT2D eigenvalue weighted by Gasteiger charge is 2.33. The molecule has 3 amide bonds. The zero-order valence-corrected chi connectivity index (χ0v) is 25.3. The molecule has 0 unspecified atom stereocenters. The van der Waals surface area contributed by atoms with Crippen molar-refractivity contribution in [1.82, 2.24) is 20.4 Å². The molecule has 8 heteroatoms. The standard InChI is InChI=1S/C34H45N5O3/c1-36-30(23-26-18-20-28(21-19-26)27-15-9-6-10-16-27)34(42)39(4)31(24-25-13-7-5-8-14-25)32(40)37-29(17-11-12-22-35)33(41)38(2)3/h5-10,13-16,18-21,29-31,36H,11-12,17,22-24,35H2,1-4H3,(H,37,40)/t29-,30+,31+/m0/s1. The van der Waals surface area contributed by atoms with E-state index in [0.717, 1.165) is 28.7 Å². The molecule has 224 valence electrons. The van der Waals surface area contributed by atoms with E-state index in [0.29, 0.717) is 32.2 Å². The quantitative estimate of drug-likeness (QED) is 0.243. The normalized spacial score (nSPS) is 13.1. The molecule has 0 saturated heterocycles. The molecule has 4 N–H and O–H groups in total. The van der Waals surface area contributed by atoms with Gasteiger partial charge in [0.2, 0.25) is 17.7 Å². The van der Waals surface area contributed by atoms with Gasteiger partial charge in [0.25, 0.3) is 0 Å². The van der Waals surface area contributed by atoms with Crippen molar-refractivity contribution in [2.45, 2.75) is 50.2 Å². The monoisotopic (exact) mass is 571 g/mol. The smallest absolute Gasteiger partial charge is 0.244 e. The molecule has 3 rings (SSSR count). The number of likely N-dealkylation sites (N-methyl/N-ethyl adjacent to an activating group) is 3. The summed E-state index contributed by atoms with van der Waals surface area (Å²) in [6, 6.07) is 25.9. The predicted molar refractivity (Wildman–Crippen MR) is 169 cm³/mol. The van der Waals surface area contributed by atoms with Crippen LogP contribution in [0.25, 0.3) is 11.1 Å². The molecule has 0 aliphatic rings. The summed E-state index contributed by atoms with van der Waals surface area (Å²) >= 11 is 0. The van der Waals surface area contributed by atoms with Crippen LogP contribution >= 0.6 is 0 Å². The van der Waals surface area contributed by atoms with E-state index in [4.69, 9.17) is 5.73 Å². The predicted octanol–water partition coefficient (Wildman–Crippen LogP) is 3.26. The number of amides is 3. The number of carbonyl (C=O) groups excluding carboxylic acids is 3. The highest BCUT2D eigenvalue weighted by molar-refractivity contribution is 5.93. The molecule has 8 nitrogen and oxygen atoms in total. The number of rotatable bonds is 15. The minimum Gasteiger partial charge on any atom is -0.347 e. The van der Waals surface area contributed by atoms with Gasteiger partial charge in [0, 0.05) is 27.6 Å². The van der Waals surface area contributed by atoms with E-state index in [-0.39, 0.29) is 17.7 Å². The van der Waals surface area contributed by atoms with Gasteiger partial charge in [-0.2, -0.15) is 0 Å². The number of nitrogens with zero attached hydrogens (tertiary/aromatic N) is 2. The van der Waals surface area contributed by atoms with Crippen LogP contribution in [0.15, 0.2) is 84.9 Å². The van der Waals surface area contributed by atoms with E-state index in [1.807, 2.05) is 60.7 Å². The first-order valence-corrected chi connectivity index (χ1v) is 14.6. The topological polar surface area (TPSA) is 108 Å². The van der Waals surface area contributed by atoms with E-state index in [2.05, 4.69) is 34.9 Å². The van der Waals surface area contributed by atoms with E-state index in [1.165, 1.54) is 9.80 Å². The maximum Gasteiger partial charge on any atom is 0.244 e. The molecular weight excluding hydrogens is 526 g/mol. The molecule has 42 heavy (non-hydrogen) atoms. The van der Waals surface area contributed by atoms with Crippen molar-refractivity contribution in [3.8, 4) is 11.1 Å². The van der Waals surface area contributed by atoms with Crippen molar-refractivity contribution < 1.29 is 14.4 Å². The van der Waals surface area contributed by atoms with Gasteiger partial charge in [-0.15, -0.1) is 0 Å². The highest BCUT2D eigenvalue weighted by atomic mass is 16.2. The summed E-state index contributed by atoms with van der Waals surface area (Å²) < 4.78 is 0. The fourth-order valence-corrected chi connectivity index (χ4v) is 4.98. The fourth-order valence-electron chi connectivity index (χ4n) is 4.98. The first-order chi connectivity index (χ1) is 20.2. The molecule has 0 bridgehead atoms. The van der Waals surface area contributed by atoms with Crippen LogP contribution < -0.4 is 16.4 Å². The minimum atomic E-state index is -0.803. The van der Waals surface area contributed by atoms with Crippen LogP contribution in [0.2, 0.25) is 0 Å². The second kappa shape index (κ2) is 16.4. The Morgan fingerprint density at radius 3 is 1.86 bits per heavy atom. The van der Waals surface area contributed by atoms with Gasteiger partial charge in [0.1, 0.15) is 12.1 Å². The number of unbranched alkanes of at least 4 members (excludes halogenated alkanes) is 1. The number of nitrogens with one attached hydrogen (secondary N) is 2. The maximum absolute atomic E-state index is 13.8. The van der Waals surface area contributed by atoms with Crippen LogP contribution in [0, 0.1) is 0 Å². The van der Waals surface area contributed by atoms with Gasteiger partial charge in [-0.3, -0.25) is 14.4 Å². The molecule has 0 heterocycles. The van der Waals surface area contributed by atoms with E-state index in [9.17, 15) is 14.4 Å². The summed E-state index contributed by atoms with van der Waals surface area (Å²) in [5.74, 6) is -0.732. The number of hydrogen-bond acceptors (Lipinski definition) is 5. The summed E-state index contributed by atoms with van der Waals surface area (Å²) in [5, 5.41) is 6.10. The molecule has 0 aliphatic carbocycles. The van der Waals surface area contributed by atoms with Crippen molar-refractivity contribution in [2.24, 2.45) is 5.73 Å². The van der Waals surface area contributed by atoms with E-state index >= 15 is 0 Å². The van der Waals surface area contributed by atoms with Gasteiger partial charge in [-0.25, -0.2) is 0 Å². The highest BCUT2D eigenvalue weighted by Crippen LogP contribution is 2.20. The lowest BCUT2D eigenvalue weighted by atomic mass is 9.98. The van der Waals surface area contributed by atoms with Gasteiger partial charge in [0.05, 0.1) is 6.04 Å². The number of hydrogen-bond donors (Lipinski definition) is 3. The molecule has 3 aromatic carbocycles. The summed E-state index contributed by atoms with van der Waals surface area (Å²) in [7, 11) is 6.76. The average molecular weight is 572 g/mol. The Labute approximate surface area is 250 Å². The van der Waals surface area contributed by atoms with E-state index in [1.54, 1.807) is 28.2 Å². The third kappa shape index (κ3) is 9.26. The average Bonchev–Trinajstić information content (AvgIpc) is 3.02. The van der Waals surface area contributed by atoms with Gasteiger partial charge < -0.3 is 26.2 Å². The van der Waals surface area contributed by atoms with Crippen LogP contribution in [-0.4, -0.2) is 80.4 Å². The Morgan fingerprint density at radius 1 is 0.714 bits per heavy atom. The molecule has 3 aromatic rings. The molecule has 0 saturated carbocycles. The maximum atomic E-state index is 13.8.